The van der Waals surface area contributed by atoms with Crippen LogP contribution in [-0.2, 0) is 0 Å². The van der Waals surface area contributed by atoms with E-state index < -0.39 is 0 Å². The Morgan fingerprint density at radius 1 is 0.775 bits per heavy atom. The second-order valence-electron chi connectivity index (χ2n) is 13.9. The van der Waals surface area contributed by atoms with Crippen molar-refractivity contribution in [3.63, 3.8) is 0 Å². The van der Waals surface area contributed by atoms with Crippen molar-refractivity contribution in [3.8, 4) is 0 Å². The first-order valence-corrected chi connectivity index (χ1v) is 15.9. The average Bonchev–Trinajstić information content (AvgIpc) is 2.85. The smallest absolute Gasteiger partial charge is 0.00786 e. The normalized spacial score (nSPS) is 22.1. The Bertz CT molecular complexity index is 1110. The van der Waals surface area contributed by atoms with Crippen LogP contribution in [0.15, 0.2) is 106 Å². The lowest BCUT2D eigenvalue weighted by Crippen LogP contribution is -2.20. The molecule has 0 saturated carbocycles. The summed E-state index contributed by atoms with van der Waals surface area (Å²) in [7, 11) is 0. The van der Waals surface area contributed by atoms with E-state index in [0.717, 1.165) is 19.3 Å². The molecule has 2 aliphatic carbocycles. The quantitative estimate of drug-likeness (QED) is 0.170. The van der Waals surface area contributed by atoms with Crippen molar-refractivity contribution in [2.75, 3.05) is 0 Å². The number of hydrogen-bond acceptors (Lipinski definition) is 0. The Kier molecular flexibility index (Phi) is 13.7. The topological polar surface area (TPSA) is 0 Å². The highest BCUT2D eigenvalue weighted by Crippen LogP contribution is 2.42. The fourth-order valence-corrected chi connectivity index (χ4v) is 6.26. The third-order valence-corrected chi connectivity index (χ3v) is 9.00. The van der Waals surface area contributed by atoms with Gasteiger partial charge in [0.05, 0.1) is 0 Å². The second-order valence-corrected chi connectivity index (χ2v) is 13.9. The predicted molar refractivity (Wildman–Crippen MR) is 182 cm³/mol. The minimum absolute atomic E-state index is 0.315. The molecule has 1 unspecified atom stereocenters. The summed E-state index contributed by atoms with van der Waals surface area (Å²) in [5.74, 6) is 0.456. The van der Waals surface area contributed by atoms with Gasteiger partial charge in [-0.05, 0) is 115 Å². The zero-order valence-electron chi connectivity index (χ0n) is 27.8. The van der Waals surface area contributed by atoms with Crippen molar-refractivity contribution in [1.82, 2.24) is 0 Å². The monoisotopic (exact) mass is 540 g/mol. The zero-order chi connectivity index (χ0) is 29.8. The van der Waals surface area contributed by atoms with Crippen molar-refractivity contribution in [3.05, 3.63) is 106 Å². The van der Waals surface area contributed by atoms with E-state index in [1.54, 1.807) is 22.3 Å². The second kappa shape index (κ2) is 16.2. The molecular weight excluding hydrogens is 480 g/mol. The third kappa shape index (κ3) is 11.6. The molecule has 0 amide bonds. The Labute approximate surface area is 249 Å². The van der Waals surface area contributed by atoms with Crippen LogP contribution < -0.4 is 0 Å². The van der Waals surface area contributed by atoms with Crippen LogP contribution in [0.2, 0.25) is 0 Å². The van der Waals surface area contributed by atoms with Gasteiger partial charge in [-0.15, -0.1) is 0 Å². The van der Waals surface area contributed by atoms with Gasteiger partial charge in [0.1, 0.15) is 0 Å². The van der Waals surface area contributed by atoms with Crippen molar-refractivity contribution < 1.29 is 0 Å². The van der Waals surface area contributed by atoms with Gasteiger partial charge in [-0.1, -0.05) is 135 Å². The third-order valence-electron chi connectivity index (χ3n) is 9.00. The Balaban J connectivity index is 1.78. The summed E-state index contributed by atoms with van der Waals surface area (Å²) < 4.78 is 0. The van der Waals surface area contributed by atoms with E-state index in [1.807, 2.05) is 0 Å². The molecule has 220 valence electrons. The molecule has 0 fully saturated rings. The minimum atomic E-state index is 0.315. The Morgan fingerprint density at radius 2 is 1.40 bits per heavy atom. The maximum Gasteiger partial charge on any atom is -0.00786 e. The van der Waals surface area contributed by atoms with E-state index in [0.29, 0.717) is 16.7 Å². The van der Waals surface area contributed by atoms with E-state index in [9.17, 15) is 0 Å². The maximum absolute atomic E-state index is 2.45. The lowest BCUT2D eigenvalue weighted by atomic mass is 9.71. The van der Waals surface area contributed by atoms with Gasteiger partial charge < -0.3 is 0 Å². The standard InChI is InChI=1S/C40H60/c1-31(19-13-21-33(3)25-27-37-35(5)23-15-29-39(37,7)8)17-11-12-18-32(2)20-14-22-34(4)26-28-38-36(6)24-16-30-40(38,9)10/h11-14,17-19,22,25-26,28,34H,15-16,20-21,23-24,27,29-30H2,1-10H3/b12-11+,19-13+,22-14+,28-26+,31-17+,32-18+,33-25+. The summed E-state index contributed by atoms with van der Waals surface area (Å²) in [5, 5.41) is 0. The Morgan fingerprint density at radius 3 is 2.08 bits per heavy atom. The molecule has 0 aliphatic heterocycles. The summed E-state index contributed by atoms with van der Waals surface area (Å²) in [6.07, 6.45) is 36.1. The van der Waals surface area contributed by atoms with Gasteiger partial charge in [-0.3, -0.25) is 0 Å². The van der Waals surface area contributed by atoms with Crippen molar-refractivity contribution in [2.24, 2.45) is 16.7 Å². The fraction of sp³-hybridized carbons (Fsp3) is 0.550. The molecule has 40 heavy (non-hydrogen) atoms. The molecule has 0 nitrogen and oxygen atoms in total. The van der Waals surface area contributed by atoms with E-state index in [1.165, 1.54) is 55.2 Å². The average molecular weight is 541 g/mol. The van der Waals surface area contributed by atoms with Crippen LogP contribution in [0, 0.1) is 16.7 Å². The molecule has 2 rings (SSSR count). The molecule has 0 N–H and O–H groups in total. The zero-order valence-corrected chi connectivity index (χ0v) is 27.8. The van der Waals surface area contributed by atoms with Crippen LogP contribution in [0.3, 0.4) is 0 Å². The highest BCUT2D eigenvalue weighted by Gasteiger charge is 2.27. The molecule has 0 radical (unpaired) electrons. The van der Waals surface area contributed by atoms with Crippen LogP contribution in [0.1, 0.15) is 127 Å². The van der Waals surface area contributed by atoms with Crippen LogP contribution in [0.25, 0.3) is 0 Å². The van der Waals surface area contributed by atoms with Crippen LogP contribution in [-0.4, -0.2) is 0 Å². The molecule has 0 heteroatoms. The number of rotatable bonds is 12. The summed E-state index contributed by atoms with van der Waals surface area (Å²) >= 11 is 0. The first kappa shape index (κ1) is 33.9. The predicted octanol–water partition coefficient (Wildman–Crippen LogP) is 12.9. The molecule has 0 aromatic rings. The maximum atomic E-state index is 2.45. The molecule has 1 atom stereocenters. The molecule has 0 spiro atoms. The van der Waals surface area contributed by atoms with Crippen molar-refractivity contribution >= 4 is 0 Å². The lowest BCUT2D eigenvalue weighted by molar-refractivity contribution is 0.360. The van der Waals surface area contributed by atoms with Gasteiger partial charge in [0.15, 0.2) is 0 Å². The van der Waals surface area contributed by atoms with E-state index in [2.05, 4.69) is 136 Å². The van der Waals surface area contributed by atoms with Gasteiger partial charge >= 0.3 is 0 Å². The van der Waals surface area contributed by atoms with Crippen molar-refractivity contribution in [1.29, 1.82) is 0 Å². The summed E-state index contributed by atoms with van der Waals surface area (Å²) in [4.78, 5) is 0. The van der Waals surface area contributed by atoms with Crippen LogP contribution in [0.5, 0.6) is 0 Å². The first-order valence-electron chi connectivity index (χ1n) is 15.9. The first-order chi connectivity index (χ1) is 18.8. The Hall–Kier alpha value is -2.34. The van der Waals surface area contributed by atoms with Crippen molar-refractivity contribution in [2.45, 2.75) is 127 Å². The van der Waals surface area contributed by atoms with Gasteiger partial charge in [0.25, 0.3) is 0 Å². The highest BCUT2D eigenvalue weighted by molar-refractivity contribution is 5.33. The lowest BCUT2D eigenvalue weighted by Gasteiger charge is -2.34. The SMILES string of the molecule is CC1=C(/C=C/C(C)/C=C/C/C(C)=C/C=C/C=C(C)/C=C/C/C(C)=C/CC2=C(C)CCCC2(C)C)C(C)(C)CCC1. The minimum Gasteiger partial charge on any atom is -0.0839 e. The van der Waals surface area contributed by atoms with Crippen LogP contribution in [0.4, 0.5) is 0 Å². The summed E-state index contributed by atoms with van der Waals surface area (Å²) in [6, 6.07) is 0. The molecule has 0 heterocycles. The van der Waals surface area contributed by atoms with E-state index in [-0.39, 0.29) is 0 Å². The van der Waals surface area contributed by atoms with Gasteiger partial charge in [0, 0.05) is 0 Å². The van der Waals surface area contributed by atoms with Gasteiger partial charge in [-0.25, -0.2) is 0 Å². The van der Waals surface area contributed by atoms with E-state index in [4.69, 9.17) is 0 Å². The van der Waals surface area contributed by atoms with Gasteiger partial charge in [0.2, 0.25) is 0 Å². The van der Waals surface area contributed by atoms with Crippen LogP contribution >= 0.6 is 0 Å². The van der Waals surface area contributed by atoms with E-state index >= 15 is 0 Å². The molecule has 2 aliphatic rings. The highest BCUT2D eigenvalue weighted by atomic mass is 14.3. The summed E-state index contributed by atoms with van der Waals surface area (Å²) in [5.41, 5.74) is 11.2. The number of allylic oxidation sites excluding steroid dienone is 18. The molecular formula is C40H60. The molecule has 0 bridgehead atoms. The van der Waals surface area contributed by atoms with Gasteiger partial charge in [-0.2, -0.15) is 0 Å². The fourth-order valence-electron chi connectivity index (χ4n) is 6.26. The molecule has 0 aromatic carbocycles. The largest absolute Gasteiger partial charge is 0.0839 e. The molecule has 0 aromatic heterocycles. The molecule has 0 saturated heterocycles. The summed E-state index contributed by atoms with van der Waals surface area (Å²) in [6.45, 7) is 23.2. The number of hydrogen-bond donors (Lipinski definition) is 0.